The van der Waals surface area contributed by atoms with Crippen molar-refractivity contribution in [1.82, 2.24) is 0 Å². The van der Waals surface area contributed by atoms with E-state index >= 15 is 0 Å². The standard InChI is InChI=1S/C18H15Br2N3O2/c19-13-3-5-14(6-4-13)22-17(24)12(11-21)9-15-10-16(20)18(25-15)23-7-1-2-8-23/h3-6,9-10H,1-2,7-8H2,(H,22,24)/b12-9-. The Morgan fingerprint density at radius 1 is 1.24 bits per heavy atom. The van der Waals surface area contributed by atoms with Gasteiger partial charge in [-0.05, 0) is 53.0 Å². The SMILES string of the molecule is N#C/C(=C/c1cc(Br)c(N2CCCC2)o1)C(=O)Nc1ccc(Br)cc1. The molecule has 1 fully saturated rings. The van der Waals surface area contributed by atoms with Crippen molar-refractivity contribution in [2.45, 2.75) is 12.8 Å². The van der Waals surface area contributed by atoms with Crippen LogP contribution in [0.2, 0.25) is 0 Å². The van der Waals surface area contributed by atoms with Crippen molar-refractivity contribution in [2.24, 2.45) is 0 Å². The highest BCUT2D eigenvalue weighted by Crippen LogP contribution is 2.33. The van der Waals surface area contributed by atoms with Crippen LogP contribution in [0, 0.1) is 11.3 Å². The zero-order chi connectivity index (χ0) is 17.8. The van der Waals surface area contributed by atoms with Crippen molar-refractivity contribution >= 4 is 55.4 Å². The van der Waals surface area contributed by atoms with Crippen molar-refractivity contribution in [3.63, 3.8) is 0 Å². The second-order valence-electron chi connectivity index (χ2n) is 5.63. The third-order valence-electron chi connectivity index (χ3n) is 3.83. The molecule has 1 aromatic heterocycles. The van der Waals surface area contributed by atoms with Crippen LogP contribution in [0.25, 0.3) is 6.08 Å². The van der Waals surface area contributed by atoms with Crippen LogP contribution in [0.1, 0.15) is 18.6 Å². The predicted molar refractivity (Wildman–Crippen MR) is 104 cm³/mol. The molecule has 1 aromatic carbocycles. The van der Waals surface area contributed by atoms with Gasteiger partial charge in [-0.2, -0.15) is 5.26 Å². The molecule has 0 bridgehead atoms. The summed E-state index contributed by atoms with van der Waals surface area (Å²) in [7, 11) is 0. The van der Waals surface area contributed by atoms with Gasteiger partial charge in [-0.15, -0.1) is 0 Å². The van der Waals surface area contributed by atoms with Gasteiger partial charge in [0.2, 0.25) is 5.88 Å². The van der Waals surface area contributed by atoms with E-state index in [1.165, 1.54) is 6.08 Å². The summed E-state index contributed by atoms with van der Waals surface area (Å²) in [6.45, 7) is 1.90. The molecule has 0 aliphatic carbocycles. The van der Waals surface area contributed by atoms with Crippen LogP contribution >= 0.6 is 31.9 Å². The Kier molecular flexibility index (Phi) is 5.61. The first-order valence-corrected chi connectivity index (χ1v) is 9.38. The van der Waals surface area contributed by atoms with Gasteiger partial charge in [0.15, 0.2) is 0 Å². The van der Waals surface area contributed by atoms with Gasteiger partial charge >= 0.3 is 0 Å². The fraction of sp³-hybridized carbons (Fsp3) is 0.222. The second-order valence-corrected chi connectivity index (χ2v) is 7.40. The van der Waals surface area contributed by atoms with Crippen LogP contribution in [0.5, 0.6) is 0 Å². The van der Waals surface area contributed by atoms with Crippen LogP contribution < -0.4 is 10.2 Å². The lowest BCUT2D eigenvalue weighted by Gasteiger charge is -2.13. The van der Waals surface area contributed by atoms with E-state index in [1.807, 2.05) is 18.2 Å². The first kappa shape index (κ1) is 17.8. The molecule has 1 aliphatic rings. The number of hydrogen-bond donors (Lipinski definition) is 1. The maximum absolute atomic E-state index is 12.3. The fourth-order valence-electron chi connectivity index (χ4n) is 2.61. The summed E-state index contributed by atoms with van der Waals surface area (Å²) >= 11 is 6.82. The number of rotatable bonds is 4. The molecule has 1 aliphatic heterocycles. The zero-order valence-electron chi connectivity index (χ0n) is 13.3. The summed E-state index contributed by atoms with van der Waals surface area (Å²) in [6, 6.07) is 10.9. The monoisotopic (exact) mass is 463 g/mol. The number of nitriles is 1. The van der Waals surface area contributed by atoms with Crippen molar-refractivity contribution < 1.29 is 9.21 Å². The number of carbonyl (C=O) groups excluding carboxylic acids is 1. The van der Waals surface area contributed by atoms with E-state index in [-0.39, 0.29) is 5.57 Å². The molecule has 1 N–H and O–H groups in total. The predicted octanol–water partition coefficient (Wildman–Crippen LogP) is 4.95. The van der Waals surface area contributed by atoms with Crippen molar-refractivity contribution in [1.29, 1.82) is 5.26 Å². The summed E-state index contributed by atoms with van der Waals surface area (Å²) in [6.07, 6.45) is 3.73. The second kappa shape index (κ2) is 7.89. The molecule has 5 nitrogen and oxygen atoms in total. The van der Waals surface area contributed by atoms with Gasteiger partial charge in [0, 0.05) is 35.4 Å². The van der Waals surface area contributed by atoms with Gasteiger partial charge < -0.3 is 14.6 Å². The van der Waals surface area contributed by atoms with Crippen molar-refractivity contribution in [3.8, 4) is 6.07 Å². The number of carbonyl (C=O) groups is 1. The van der Waals surface area contributed by atoms with E-state index < -0.39 is 5.91 Å². The van der Waals surface area contributed by atoms with Crippen LogP contribution in [0.4, 0.5) is 11.6 Å². The lowest BCUT2D eigenvalue weighted by atomic mass is 10.2. The Labute approximate surface area is 162 Å². The molecule has 2 heterocycles. The quantitative estimate of drug-likeness (QED) is 0.513. The molecule has 1 amide bonds. The number of nitrogens with one attached hydrogen (secondary N) is 1. The molecule has 1 saturated heterocycles. The van der Waals surface area contributed by atoms with Crippen LogP contribution in [0.3, 0.4) is 0 Å². The van der Waals surface area contributed by atoms with Gasteiger partial charge in [-0.1, -0.05) is 15.9 Å². The third-order valence-corrected chi connectivity index (χ3v) is 4.93. The first-order valence-electron chi connectivity index (χ1n) is 7.80. The van der Waals surface area contributed by atoms with Crippen LogP contribution in [-0.4, -0.2) is 19.0 Å². The lowest BCUT2D eigenvalue weighted by molar-refractivity contribution is -0.112. The van der Waals surface area contributed by atoms with Crippen molar-refractivity contribution in [3.05, 3.63) is 50.6 Å². The van der Waals surface area contributed by atoms with Gasteiger partial charge in [-0.25, -0.2) is 0 Å². The number of benzene rings is 1. The van der Waals surface area contributed by atoms with Gasteiger partial charge in [-0.3, -0.25) is 4.79 Å². The Morgan fingerprint density at radius 2 is 1.92 bits per heavy atom. The molecule has 0 atom stereocenters. The van der Waals surface area contributed by atoms with Crippen molar-refractivity contribution in [2.75, 3.05) is 23.3 Å². The molecule has 3 rings (SSSR count). The Bertz CT molecular complexity index is 844. The summed E-state index contributed by atoms with van der Waals surface area (Å²) in [4.78, 5) is 14.5. The van der Waals surface area contributed by atoms with Gasteiger partial charge in [0.25, 0.3) is 5.91 Å². The molecule has 0 radical (unpaired) electrons. The average Bonchev–Trinajstić information content (AvgIpc) is 3.24. The molecule has 0 unspecified atom stereocenters. The topological polar surface area (TPSA) is 69.3 Å². The number of halogens is 2. The molecule has 25 heavy (non-hydrogen) atoms. The molecular weight excluding hydrogens is 450 g/mol. The average molecular weight is 465 g/mol. The van der Waals surface area contributed by atoms with Gasteiger partial charge in [0.05, 0.1) is 4.47 Å². The minimum atomic E-state index is -0.472. The summed E-state index contributed by atoms with van der Waals surface area (Å²) in [5.41, 5.74) is 0.602. The maximum Gasteiger partial charge on any atom is 0.266 e. The summed E-state index contributed by atoms with van der Waals surface area (Å²) < 4.78 is 7.55. The maximum atomic E-state index is 12.3. The highest BCUT2D eigenvalue weighted by molar-refractivity contribution is 9.10. The minimum Gasteiger partial charge on any atom is -0.440 e. The number of amides is 1. The lowest BCUT2D eigenvalue weighted by Crippen LogP contribution is -2.17. The summed E-state index contributed by atoms with van der Waals surface area (Å²) in [5, 5.41) is 12.0. The number of nitrogens with zero attached hydrogens (tertiary/aromatic N) is 2. The number of furan rings is 1. The molecule has 0 spiro atoms. The Balaban J connectivity index is 1.78. The van der Waals surface area contributed by atoms with E-state index in [0.717, 1.165) is 40.8 Å². The fourth-order valence-corrected chi connectivity index (χ4v) is 3.43. The Morgan fingerprint density at radius 3 is 2.56 bits per heavy atom. The van der Waals surface area contributed by atoms with E-state index in [4.69, 9.17) is 4.42 Å². The minimum absolute atomic E-state index is 0.0165. The number of anilines is 2. The van der Waals surface area contributed by atoms with Crippen LogP contribution in [0.15, 0.2) is 49.3 Å². The third kappa shape index (κ3) is 4.33. The molecule has 2 aromatic rings. The van der Waals surface area contributed by atoms with Crippen LogP contribution in [-0.2, 0) is 4.79 Å². The smallest absolute Gasteiger partial charge is 0.266 e. The largest absolute Gasteiger partial charge is 0.440 e. The summed E-state index contributed by atoms with van der Waals surface area (Å²) in [5.74, 6) is 0.741. The van der Waals surface area contributed by atoms with E-state index in [1.54, 1.807) is 18.2 Å². The normalized spacial score (nSPS) is 14.4. The molecule has 0 saturated carbocycles. The molecule has 128 valence electrons. The zero-order valence-corrected chi connectivity index (χ0v) is 16.4. The van der Waals surface area contributed by atoms with Gasteiger partial charge in [0.1, 0.15) is 17.4 Å². The molecular formula is C18H15Br2N3O2. The van der Waals surface area contributed by atoms with E-state index in [0.29, 0.717) is 11.4 Å². The highest BCUT2D eigenvalue weighted by atomic mass is 79.9. The Hall–Kier alpha value is -2.04. The highest BCUT2D eigenvalue weighted by Gasteiger charge is 2.20. The van der Waals surface area contributed by atoms with E-state index in [9.17, 15) is 10.1 Å². The van der Waals surface area contributed by atoms with E-state index in [2.05, 4.69) is 42.1 Å². The first-order chi connectivity index (χ1) is 12.1. The molecule has 7 heteroatoms. The number of hydrogen-bond acceptors (Lipinski definition) is 4.